The second-order valence-electron chi connectivity index (χ2n) is 7.32. The molecule has 3 aromatic carbocycles. The van der Waals surface area contributed by atoms with Gasteiger partial charge in [0.1, 0.15) is 0 Å². The number of amides is 1. The van der Waals surface area contributed by atoms with Crippen LogP contribution in [0.2, 0.25) is 0 Å². The minimum Gasteiger partial charge on any atom is -0.351 e. The highest BCUT2D eigenvalue weighted by atomic mass is 32.2. The lowest BCUT2D eigenvalue weighted by molar-refractivity contribution is 0.0956. The van der Waals surface area contributed by atoms with Crippen LogP contribution < -0.4 is 10.0 Å². The van der Waals surface area contributed by atoms with Gasteiger partial charge in [0.15, 0.2) is 0 Å². The standard InChI is InChI=1S/C24H26N2O3S2/c1-17-9-12-22(19(3)15-17)26-31(28,29)23-16-20(11-10-18(23)2)24(27)25-13-14-30-21-7-5-4-6-8-21/h4-12,15-16,26H,13-14H2,1-3H3,(H,25,27). The third-order valence-electron chi connectivity index (χ3n) is 4.77. The van der Waals surface area contributed by atoms with Gasteiger partial charge in [-0.05, 0) is 62.2 Å². The fourth-order valence-electron chi connectivity index (χ4n) is 3.11. The molecule has 0 saturated carbocycles. The topological polar surface area (TPSA) is 75.3 Å². The summed E-state index contributed by atoms with van der Waals surface area (Å²) in [6.07, 6.45) is 0. The van der Waals surface area contributed by atoms with Crippen molar-refractivity contribution in [2.45, 2.75) is 30.6 Å². The summed E-state index contributed by atoms with van der Waals surface area (Å²) in [7, 11) is -3.83. The third kappa shape index (κ3) is 6.12. The SMILES string of the molecule is Cc1ccc(NS(=O)(=O)c2cc(C(=O)NCCSc3ccccc3)ccc2C)c(C)c1. The fraction of sp³-hybridized carbons (Fsp3) is 0.208. The Hall–Kier alpha value is -2.77. The molecule has 0 heterocycles. The number of sulfonamides is 1. The molecule has 162 valence electrons. The van der Waals surface area contributed by atoms with Gasteiger partial charge in [0.2, 0.25) is 0 Å². The number of carbonyl (C=O) groups is 1. The van der Waals surface area contributed by atoms with Crippen LogP contribution in [0.1, 0.15) is 27.0 Å². The number of rotatable bonds is 8. The number of hydrogen-bond acceptors (Lipinski definition) is 4. The molecule has 0 atom stereocenters. The van der Waals surface area contributed by atoms with E-state index in [2.05, 4.69) is 10.0 Å². The van der Waals surface area contributed by atoms with Crippen LogP contribution in [0.5, 0.6) is 0 Å². The van der Waals surface area contributed by atoms with E-state index < -0.39 is 10.0 Å². The van der Waals surface area contributed by atoms with E-state index in [-0.39, 0.29) is 10.8 Å². The molecule has 0 bridgehead atoms. The van der Waals surface area contributed by atoms with Crippen molar-refractivity contribution in [2.24, 2.45) is 0 Å². The number of thioether (sulfide) groups is 1. The average molecular weight is 455 g/mol. The zero-order chi connectivity index (χ0) is 22.4. The molecular formula is C24H26N2O3S2. The van der Waals surface area contributed by atoms with Gasteiger partial charge in [-0.1, -0.05) is 42.0 Å². The maximum absolute atomic E-state index is 13.0. The van der Waals surface area contributed by atoms with E-state index in [1.807, 2.05) is 56.3 Å². The van der Waals surface area contributed by atoms with Crippen molar-refractivity contribution in [3.63, 3.8) is 0 Å². The summed E-state index contributed by atoms with van der Waals surface area (Å²) in [5.41, 5.74) is 3.31. The predicted molar refractivity (Wildman–Crippen MR) is 127 cm³/mol. The molecule has 3 aromatic rings. The van der Waals surface area contributed by atoms with E-state index in [9.17, 15) is 13.2 Å². The first-order chi connectivity index (χ1) is 14.8. The largest absolute Gasteiger partial charge is 0.351 e. The van der Waals surface area contributed by atoms with Gasteiger partial charge in [0.25, 0.3) is 15.9 Å². The van der Waals surface area contributed by atoms with Gasteiger partial charge >= 0.3 is 0 Å². The Morgan fingerprint density at radius 1 is 0.903 bits per heavy atom. The Morgan fingerprint density at radius 3 is 2.35 bits per heavy atom. The Labute approximate surface area is 188 Å². The molecule has 7 heteroatoms. The first kappa shape index (κ1) is 22.9. The minimum atomic E-state index is -3.83. The van der Waals surface area contributed by atoms with Crippen LogP contribution in [0.15, 0.2) is 76.5 Å². The van der Waals surface area contributed by atoms with E-state index in [4.69, 9.17) is 0 Å². The van der Waals surface area contributed by atoms with Gasteiger partial charge in [0.05, 0.1) is 10.6 Å². The normalized spacial score (nSPS) is 11.2. The first-order valence-electron chi connectivity index (χ1n) is 9.93. The van der Waals surface area contributed by atoms with Gasteiger partial charge in [-0.15, -0.1) is 11.8 Å². The molecule has 1 amide bonds. The molecule has 0 fully saturated rings. The van der Waals surface area contributed by atoms with Crippen LogP contribution in [0, 0.1) is 20.8 Å². The van der Waals surface area contributed by atoms with Crippen LogP contribution in [-0.2, 0) is 10.0 Å². The van der Waals surface area contributed by atoms with Crippen molar-refractivity contribution >= 4 is 33.4 Å². The lowest BCUT2D eigenvalue weighted by atomic mass is 10.1. The summed E-state index contributed by atoms with van der Waals surface area (Å²) >= 11 is 1.65. The number of nitrogens with one attached hydrogen (secondary N) is 2. The van der Waals surface area contributed by atoms with Crippen molar-refractivity contribution in [1.82, 2.24) is 5.32 Å². The Balaban J connectivity index is 1.69. The molecule has 0 saturated heterocycles. The Morgan fingerprint density at radius 2 is 1.65 bits per heavy atom. The molecule has 0 aliphatic rings. The van der Waals surface area contributed by atoms with Gasteiger partial charge in [-0.2, -0.15) is 0 Å². The lowest BCUT2D eigenvalue weighted by Gasteiger charge is -2.14. The van der Waals surface area contributed by atoms with E-state index in [1.165, 1.54) is 6.07 Å². The molecular weight excluding hydrogens is 428 g/mol. The van der Waals surface area contributed by atoms with E-state index >= 15 is 0 Å². The molecule has 31 heavy (non-hydrogen) atoms. The van der Waals surface area contributed by atoms with Crippen molar-refractivity contribution in [1.29, 1.82) is 0 Å². The summed E-state index contributed by atoms with van der Waals surface area (Å²) < 4.78 is 28.7. The van der Waals surface area contributed by atoms with Crippen LogP contribution in [0.25, 0.3) is 0 Å². The summed E-state index contributed by atoms with van der Waals surface area (Å²) in [4.78, 5) is 13.8. The summed E-state index contributed by atoms with van der Waals surface area (Å²) in [5.74, 6) is 0.428. The van der Waals surface area contributed by atoms with Crippen molar-refractivity contribution in [3.05, 3.63) is 89.0 Å². The van der Waals surface area contributed by atoms with Gasteiger partial charge in [0, 0.05) is 22.8 Å². The molecule has 5 nitrogen and oxygen atoms in total. The van der Waals surface area contributed by atoms with Crippen molar-refractivity contribution in [3.8, 4) is 0 Å². The maximum Gasteiger partial charge on any atom is 0.262 e. The molecule has 0 aliphatic heterocycles. The second-order valence-corrected chi connectivity index (χ2v) is 10.1. The van der Waals surface area contributed by atoms with Crippen LogP contribution >= 0.6 is 11.8 Å². The van der Waals surface area contributed by atoms with Crippen LogP contribution in [-0.4, -0.2) is 26.6 Å². The molecule has 0 radical (unpaired) electrons. The van der Waals surface area contributed by atoms with Gasteiger partial charge in [-0.25, -0.2) is 8.42 Å². The zero-order valence-corrected chi connectivity index (χ0v) is 19.4. The van der Waals surface area contributed by atoms with Gasteiger partial charge < -0.3 is 5.32 Å². The summed E-state index contributed by atoms with van der Waals surface area (Å²) in [6.45, 7) is 6.01. The number of hydrogen-bond donors (Lipinski definition) is 2. The van der Waals surface area contributed by atoms with Crippen molar-refractivity contribution < 1.29 is 13.2 Å². The van der Waals surface area contributed by atoms with E-state index in [0.29, 0.717) is 23.4 Å². The number of anilines is 1. The highest BCUT2D eigenvalue weighted by molar-refractivity contribution is 7.99. The fourth-order valence-corrected chi connectivity index (χ4v) is 5.30. The van der Waals surface area contributed by atoms with E-state index in [0.717, 1.165) is 21.8 Å². The Kier molecular flexibility index (Phi) is 7.41. The highest BCUT2D eigenvalue weighted by Gasteiger charge is 2.20. The number of carbonyl (C=O) groups excluding carboxylic acids is 1. The predicted octanol–water partition coefficient (Wildman–Crippen LogP) is 4.93. The lowest BCUT2D eigenvalue weighted by Crippen LogP contribution is -2.26. The summed E-state index contributed by atoms with van der Waals surface area (Å²) in [6, 6.07) is 20.2. The van der Waals surface area contributed by atoms with Crippen LogP contribution in [0.3, 0.4) is 0 Å². The molecule has 2 N–H and O–H groups in total. The van der Waals surface area contributed by atoms with Gasteiger partial charge in [-0.3, -0.25) is 9.52 Å². The maximum atomic E-state index is 13.0. The van der Waals surface area contributed by atoms with Crippen LogP contribution in [0.4, 0.5) is 5.69 Å². The molecule has 0 aliphatic carbocycles. The zero-order valence-electron chi connectivity index (χ0n) is 17.8. The molecule has 0 unspecified atom stereocenters. The first-order valence-corrected chi connectivity index (χ1v) is 12.4. The smallest absolute Gasteiger partial charge is 0.262 e. The highest BCUT2D eigenvalue weighted by Crippen LogP contribution is 2.24. The number of aryl methyl sites for hydroxylation is 3. The average Bonchev–Trinajstić information content (AvgIpc) is 2.74. The molecule has 3 rings (SSSR count). The molecule has 0 spiro atoms. The van der Waals surface area contributed by atoms with E-state index in [1.54, 1.807) is 36.9 Å². The summed E-state index contributed by atoms with van der Waals surface area (Å²) in [5, 5.41) is 2.86. The molecule has 0 aromatic heterocycles. The monoisotopic (exact) mass is 454 g/mol. The number of benzene rings is 3. The van der Waals surface area contributed by atoms with Crippen molar-refractivity contribution in [2.75, 3.05) is 17.0 Å². The third-order valence-corrected chi connectivity index (χ3v) is 7.29. The second kappa shape index (κ2) is 10.0. The quantitative estimate of drug-likeness (QED) is 0.374. The Bertz CT molecular complexity index is 1180. The minimum absolute atomic E-state index is 0.0961.